The van der Waals surface area contributed by atoms with E-state index in [-0.39, 0.29) is 24.4 Å². The van der Waals surface area contributed by atoms with Gasteiger partial charge >= 0.3 is 0 Å². The van der Waals surface area contributed by atoms with Crippen molar-refractivity contribution in [3.8, 4) is 0 Å². The Hall–Kier alpha value is -1.84. The topological polar surface area (TPSA) is 58.2 Å². The number of hydrogen-bond donors (Lipinski definition) is 2. The van der Waals surface area contributed by atoms with Crippen LogP contribution < -0.4 is 10.6 Å². The molecule has 0 aliphatic rings. The number of carbonyl (C=O) groups is 2. The van der Waals surface area contributed by atoms with Crippen LogP contribution in [0.5, 0.6) is 0 Å². The van der Waals surface area contributed by atoms with Gasteiger partial charge in [-0.15, -0.1) is 0 Å². The first-order valence-electron chi connectivity index (χ1n) is 8.03. The van der Waals surface area contributed by atoms with Crippen molar-refractivity contribution in [1.29, 1.82) is 0 Å². The first kappa shape index (κ1) is 18.2. The summed E-state index contributed by atoms with van der Waals surface area (Å²) in [6.45, 7) is 8.30. The summed E-state index contributed by atoms with van der Waals surface area (Å²) in [4.78, 5) is 23.9. The Morgan fingerprint density at radius 1 is 1.09 bits per heavy atom. The fraction of sp³-hybridized carbons (Fsp3) is 0.556. The molecule has 0 aliphatic heterocycles. The van der Waals surface area contributed by atoms with Gasteiger partial charge in [-0.05, 0) is 37.8 Å². The molecule has 0 saturated heterocycles. The highest BCUT2D eigenvalue weighted by Crippen LogP contribution is 2.08. The fourth-order valence-corrected chi connectivity index (χ4v) is 2.31. The van der Waals surface area contributed by atoms with Crippen LogP contribution in [0.25, 0.3) is 0 Å². The Kier molecular flexibility index (Phi) is 7.64. The van der Waals surface area contributed by atoms with Crippen LogP contribution in [0.4, 0.5) is 0 Å². The maximum atomic E-state index is 12.0. The molecule has 0 bridgehead atoms. The molecule has 2 N–H and O–H groups in total. The molecule has 1 atom stereocenters. The van der Waals surface area contributed by atoms with Gasteiger partial charge < -0.3 is 10.6 Å². The average molecular weight is 304 g/mol. The predicted molar refractivity (Wildman–Crippen MR) is 89.8 cm³/mol. The highest BCUT2D eigenvalue weighted by molar-refractivity contribution is 5.97. The van der Waals surface area contributed by atoms with Gasteiger partial charge in [-0.3, -0.25) is 9.59 Å². The molecule has 0 spiro atoms. The molecule has 2 amide bonds. The number of benzene rings is 1. The number of carbonyl (C=O) groups excluding carboxylic acids is 2. The van der Waals surface area contributed by atoms with Gasteiger partial charge in [0.15, 0.2) is 0 Å². The highest BCUT2D eigenvalue weighted by atomic mass is 16.2. The van der Waals surface area contributed by atoms with E-state index in [1.807, 2.05) is 32.0 Å². The molecule has 122 valence electrons. The quantitative estimate of drug-likeness (QED) is 0.775. The molecule has 0 aromatic heterocycles. The molecule has 1 aromatic carbocycles. The molecule has 0 aliphatic carbocycles. The van der Waals surface area contributed by atoms with Gasteiger partial charge in [0, 0.05) is 11.6 Å². The molecule has 0 saturated carbocycles. The lowest BCUT2D eigenvalue weighted by atomic mass is 10.0. The zero-order chi connectivity index (χ0) is 16.5. The third-order valence-electron chi connectivity index (χ3n) is 3.63. The van der Waals surface area contributed by atoms with Crippen molar-refractivity contribution in [3.05, 3.63) is 35.4 Å². The lowest BCUT2D eigenvalue weighted by Gasteiger charge is -2.15. The van der Waals surface area contributed by atoms with E-state index in [1.54, 1.807) is 6.07 Å². The van der Waals surface area contributed by atoms with Gasteiger partial charge in [0.1, 0.15) is 0 Å². The Morgan fingerprint density at radius 2 is 1.77 bits per heavy atom. The Balaban J connectivity index is 2.31. The third kappa shape index (κ3) is 6.74. The second kappa shape index (κ2) is 9.23. The van der Waals surface area contributed by atoms with Gasteiger partial charge in [0.25, 0.3) is 5.91 Å². The summed E-state index contributed by atoms with van der Waals surface area (Å²) in [5.41, 5.74) is 1.52. The van der Waals surface area contributed by atoms with Crippen molar-refractivity contribution in [2.75, 3.05) is 6.54 Å². The van der Waals surface area contributed by atoms with Gasteiger partial charge in [0.05, 0.1) is 6.54 Å². The summed E-state index contributed by atoms with van der Waals surface area (Å²) in [5.74, 6) is 0.344. The minimum Gasteiger partial charge on any atom is -0.352 e. The maximum Gasteiger partial charge on any atom is 0.251 e. The summed E-state index contributed by atoms with van der Waals surface area (Å²) in [5, 5.41) is 5.59. The Bertz CT molecular complexity index is 498. The van der Waals surface area contributed by atoms with E-state index >= 15 is 0 Å². The van der Waals surface area contributed by atoms with E-state index in [1.165, 1.54) is 6.42 Å². The van der Waals surface area contributed by atoms with Crippen molar-refractivity contribution in [2.45, 2.75) is 53.0 Å². The Morgan fingerprint density at radius 3 is 2.41 bits per heavy atom. The zero-order valence-electron chi connectivity index (χ0n) is 14.1. The van der Waals surface area contributed by atoms with Gasteiger partial charge in [-0.1, -0.05) is 44.9 Å². The number of rotatable bonds is 8. The van der Waals surface area contributed by atoms with Crippen molar-refractivity contribution in [1.82, 2.24) is 10.6 Å². The first-order valence-corrected chi connectivity index (χ1v) is 8.03. The lowest BCUT2D eigenvalue weighted by Crippen LogP contribution is -2.41. The summed E-state index contributed by atoms with van der Waals surface area (Å²) in [7, 11) is 0. The molecule has 0 radical (unpaired) electrons. The monoisotopic (exact) mass is 304 g/mol. The van der Waals surface area contributed by atoms with Crippen LogP contribution in [-0.4, -0.2) is 24.4 Å². The van der Waals surface area contributed by atoms with Crippen LogP contribution in [0.3, 0.4) is 0 Å². The van der Waals surface area contributed by atoms with Crippen LogP contribution in [0, 0.1) is 12.8 Å². The maximum absolute atomic E-state index is 12.0. The second-order valence-electron chi connectivity index (χ2n) is 6.29. The highest BCUT2D eigenvalue weighted by Gasteiger charge is 2.11. The summed E-state index contributed by atoms with van der Waals surface area (Å²) >= 11 is 0. The van der Waals surface area contributed by atoms with E-state index in [0.717, 1.165) is 18.4 Å². The standard InChI is InChI=1S/C18H28N2O2/c1-13(2)8-7-10-15(4)20-17(21)12-19-18(22)16-11-6-5-9-14(16)3/h5-6,9,11,13,15H,7-8,10,12H2,1-4H3,(H,19,22)(H,20,21). The lowest BCUT2D eigenvalue weighted by molar-refractivity contribution is -0.120. The molecule has 4 nitrogen and oxygen atoms in total. The van der Waals surface area contributed by atoms with Crippen molar-refractivity contribution in [2.24, 2.45) is 5.92 Å². The minimum atomic E-state index is -0.208. The van der Waals surface area contributed by atoms with E-state index in [2.05, 4.69) is 24.5 Å². The van der Waals surface area contributed by atoms with Crippen molar-refractivity contribution < 1.29 is 9.59 Å². The summed E-state index contributed by atoms with van der Waals surface area (Å²) in [6, 6.07) is 7.49. The number of nitrogens with one attached hydrogen (secondary N) is 2. The molecular formula is C18H28N2O2. The zero-order valence-corrected chi connectivity index (χ0v) is 14.1. The molecular weight excluding hydrogens is 276 g/mol. The molecule has 1 unspecified atom stereocenters. The van der Waals surface area contributed by atoms with Crippen molar-refractivity contribution >= 4 is 11.8 Å². The van der Waals surface area contributed by atoms with Crippen LogP contribution in [0.2, 0.25) is 0 Å². The van der Waals surface area contributed by atoms with Crippen molar-refractivity contribution in [3.63, 3.8) is 0 Å². The van der Waals surface area contributed by atoms with Crippen LogP contribution in [0.15, 0.2) is 24.3 Å². The molecule has 1 aromatic rings. The molecule has 1 rings (SSSR count). The van der Waals surface area contributed by atoms with Crippen LogP contribution >= 0.6 is 0 Å². The predicted octanol–water partition coefficient (Wildman–Crippen LogP) is 3.06. The van der Waals surface area contributed by atoms with Gasteiger partial charge in [0.2, 0.25) is 5.91 Å². The SMILES string of the molecule is Cc1ccccc1C(=O)NCC(=O)NC(C)CCCC(C)C. The number of aryl methyl sites for hydroxylation is 1. The minimum absolute atomic E-state index is 0.0156. The Labute approximate surface area is 133 Å². The van der Waals surface area contributed by atoms with E-state index in [0.29, 0.717) is 11.5 Å². The summed E-state index contributed by atoms with van der Waals surface area (Å²) < 4.78 is 0. The normalized spacial score (nSPS) is 12.0. The van der Waals surface area contributed by atoms with Crippen LogP contribution in [0.1, 0.15) is 56.0 Å². The molecule has 22 heavy (non-hydrogen) atoms. The third-order valence-corrected chi connectivity index (χ3v) is 3.63. The van der Waals surface area contributed by atoms with E-state index in [4.69, 9.17) is 0 Å². The first-order chi connectivity index (χ1) is 10.4. The average Bonchev–Trinajstić information content (AvgIpc) is 2.44. The smallest absolute Gasteiger partial charge is 0.251 e. The molecule has 0 fully saturated rings. The van der Waals surface area contributed by atoms with Gasteiger partial charge in [-0.25, -0.2) is 0 Å². The van der Waals surface area contributed by atoms with Gasteiger partial charge in [-0.2, -0.15) is 0 Å². The number of amides is 2. The largest absolute Gasteiger partial charge is 0.352 e. The second-order valence-corrected chi connectivity index (χ2v) is 6.29. The van der Waals surface area contributed by atoms with Crippen LogP contribution in [-0.2, 0) is 4.79 Å². The van der Waals surface area contributed by atoms with E-state index < -0.39 is 0 Å². The summed E-state index contributed by atoms with van der Waals surface area (Å²) in [6.07, 6.45) is 3.24. The fourth-order valence-electron chi connectivity index (χ4n) is 2.31. The molecule has 0 heterocycles. The molecule has 4 heteroatoms. The number of hydrogen-bond acceptors (Lipinski definition) is 2. The van der Waals surface area contributed by atoms with E-state index in [9.17, 15) is 9.59 Å².